The number of aliphatic imine (C=N–C) groups is 1. The molecule has 13 rings (SSSR count). The molecule has 4 heterocycles. The highest BCUT2D eigenvalue weighted by molar-refractivity contribution is 7.22. The van der Waals surface area contributed by atoms with E-state index in [4.69, 9.17) is 4.99 Å². The Bertz CT molecular complexity index is 3740. The van der Waals surface area contributed by atoms with Crippen LogP contribution in [0.2, 0.25) is 0 Å². The lowest BCUT2D eigenvalue weighted by Crippen LogP contribution is -2.19. The van der Waals surface area contributed by atoms with Crippen LogP contribution in [0, 0.1) is 0 Å². The highest BCUT2D eigenvalue weighted by Gasteiger charge is 2.31. The van der Waals surface area contributed by atoms with Crippen molar-refractivity contribution in [1.82, 2.24) is 9.13 Å². The van der Waals surface area contributed by atoms with Crippen LogP contribution in [0.5, 0.6) is 0 Å². The van der Waals surface area contributed by atoms with Crippen molar-refractivity contribution in [2.45, 2.75) is 6.17 Å². The molecule has 1 atom stereocenters. The van der Waals surface area contributed by atoms with E-state index in [0.29, 0.717) is 0 Å². The Labute approximate surface area is 368 Å². The van der Waals surface area contributed by atoms with Crippen molar-refractivity contribution in [3.8, 4) is 33.6 Å². The van der Waals surface area contributed by atoms with E-state index in [1.165, 1.54) is 75.3 Å². The molecule has 9 aromatic carbocycles. The molecule has 1 unspecified atom stereocenters. The zero-order valence-corrected chi connectivity index (χ0v) is 34.9. The first kappa shape index (κ1) is 35.7. The number of hydrogen-bond acceptors (Lipinski definition) is 3. The van der Waals surface area contributed by atoms with Gasteiger partial charge in [-0.15, -0.1) is 11.3 Å². The van der Waals surface area contributed by atoms with Crippen LogP contribution in [-0.2, 0) is 0 Å². The Balaban J connectivity index is 1.18. The fraction of sp³-hybridized carbons (Fsp3) is 0.0172. The largest absolute Gasteiger partial charge is 0.358 e. The number of anilines is 1. The number of thiophene rings is 1. The minimum absolute atomic E-state index is 0.314. The van der Waals surface area contributed by atoms with Gasteiger partial charge in [0.2, 0.25) is 0 Å². The molecule has 296 valence electrons. The van der Waals surface area contributed by atoms with E-state index in [2.05, 4.69) is 233 Å². The van der Waals surface area contributed by atoms with Gasteiger partial charge >= 0.3 is 0 Å². The molecule has 3 aromatic heterocycles. The number of rotatable bonds is 6. The maximum atomic E-state index is 5.57. The molecule has 0 saturated heterocycles. The van der Waals surface area contributed by atoms with Gasteiger partial charge in [0.1, 0.15) is 6.17 Å². The lowest BCUT2D eigenvalue weighted by Gasteiger charge is -2.25. The van der Waals surface area contributed by atoms with Crippen molar-refractivity contribution < 1.29 is 0 Å². The predicted octanol–water partition coefficient (Wildman–Crippen LogP) is 15.4. The third-order valence-electron chi connectivity index (χ3n) is 12.7. The third kappa shape index (κ3) is 5.50. The van der Waals surface area contributed by atoms with Crippen molar-refractivity contribution >= 4 is 76.4 Å². The van der Waals surface area contributed by atoms with Crippen LogP contribution < -0.4 is 5.32 Å². The molecule has 0 saturated carbocycles. The summed E-state index contributed by atoms with van der Waals surface area (Å²) in [5, 5.41) is 10.0. The van der Waals surface area contributed by atoms with Gasteiger partial charge in [0, 0.05) is 59.7 Å². The molecule has 0 bridgehead atoms. The number of benzene rings is 9. The average molecular weight is 823 g/mol. The molecule has 4 nitrogen and oxygen atoms in total. The number of fused-ring (bicyclic) bond motifs is 9. The molecule has 0 spiro atoms. The van der Waals surface area contributed by atoms with E-state index >= 15 is 0 Å². The van der Waals surface area contributed by atoms with Gasteiger partial charge in [-0.2, -0.15) is 0 Å². The quantitative estimate of drug-likeness (QED) is 0.178. The lowest BCUT2D eigenvalue weighted by atomic mass is 9.89. The molecular formula is C58H38N4S. The Kier molecular flexibility index (Phi) is 8.11. The SMILES string of the molecule is c1ccc(C2=NC(c3cccc(-c4c5c6ccccc6n(-c6ccccc6)c5c(-c5ccccc5)c5c6ccccc6n(-c6ccccc6)c45)c3)Nc3c2sc2ccccc32)cc1. The lowest BCUT2D eigenvalue weighted by molar-refractivity contribution is 0.833. The molecule has 0 fully saturated rings. The van der Waals surface area contributed by atoms with Gasteiger partial charge in [0.05, 0.1) is 38.3 Å². The molecule has 0 aliphatic carbocycles. The van der Waals surface area contributed by atoms with Crippen molar-refractivity contribution in [3.63, 3.8) is 0 Å². The molecule has 63 heavy (non-hydrogen) atoms. The van der Waals surface area contributed by atoms with Crippen molar-refractivity contribution in [2.75, 3.05) is 5.32 Å². The number of nitrogens with zero attached hydrogens (tertiary/aromatic N) is 3. The standard InChI is InChI=1S/C58H38N4S/c1-5-20-37(21-6-1)49-51-43-30-13-16-33-46(43)62(42-28-11-4-12-29-42)56(51)50(52-44-31-14-17-34-47(44)61(55(49)52)41-26-9-3-10-27-41)39-24-19-25-40(36-39)58-59-53(38-22-7-2-8-23-38)57-54(60-58)45-32-15-18-35-48(45)63-57/h1-36,58,60H. The van der Waals surface area contributed by atoms with E-state index in [0.717, 1.165) is 39.5 Å². The van der Waals surface area contributed by atoms with Crippen LogP contribution in [0.3, 0.4) is 0 Å². The molecule has 1 aliphatic heterocycles. The second-order valence-corrected chi connectivity index (χ2v) is 17.3. The molecule has 1 N–H and O–H groups in total. The fourth-order valence-corrected chi connectivity index (χ4v) is 11.3. The highest BCUT2D eigenvalue weighted by Crippen LogP contribution is 2.52. The Morgan fingerprint density at radius 2 is 0.905 bits per heavy atom. The van der Waals surface area contributed by atoms with Crippen molar-refractivity contribution in [1.29, 1.82) is 0 Å². The minimum atomic E-state index is -0.314. The monoisotopic (exact) mass is 822 g/mol. The highest BCUT2D eigenvalue weighted by atomic mass is 32.1. The fourth-order valence-electron chi connectivity index (χ4n) is 10.1. The van der Waals surface area contributed by atoms with Crippen molar-refractivity contribution in [2.24, 2.45) is 4.99 Å². The van der Waals surface area contributed by atoms with Crippen LogP contribution in [0.4, 0.5) is 5.69 Å². The van der Waals surface area contributed by atoms with Gasteiger partial charge in [-0.1, -0.05) is 170 Å². The summed E-state index contributed by atoms with van der Waals surface area (Å²) in [5.41, 5.74) is 16.1. The Hall–Kier alpha value is -7.99. The van der Waals surface area contributed by atoms with Gasteiger partial charge in [0.15, 0.2) is 0 Å². The molecular weight excluding hydrogens is 785 g/mol. The smallest absolute Gasteiger partial charge is 0.145 e. The van der Waals surface area contributed by atoms with E-state index in [-0.39, 0.29) is 6.17 Å². The van der Waals surface area contributed by atoms with Gasteiger partial charge in [0.25, 0.3) is 0 Å². The second kappa shape index (κ2) is 14.3. The number of para-hydroxylation sites is 4. The Morgan fingerprint density at radius 1 is 0.429 bits per heavy atom. The van der Waals surface area contributed by atoms with Crippen LogP contribution in [0.1, 0.15) is 22.2 Å². The van der Waals surface area contributed by atoms with Gasteiger partial charge in [-0.3, -0.25) is 4.99 Å². The second-order valence-electron chi connectivity index (χ2n) is 16.3. The normalized spacial score (nSPS) is 13.8. The van der Waals surface area contributed by atoms with E-state index in [9.17, 15) is 0 Å². The van der Waals surface area contributed by atoms with E-state index in [1.54, 1.807) is 11.3 Å². The van der Waals surface area contributed by atoms with Gasteiger partial charge < -0.3 is 14.5 Å². The molecule has 0 amide bonds. The topological polar surface area (TPSA) is 34.2 Å². The predicted molar refractivity (Wildman–Crippen MR) is 266 cm³/mol. The van der Waals surface area contributed by atoms with E-state index < -0.39 is 0 Å². The number of aromatic nitrogens is 2. The number of nitrogens with one attached hydrogen (secondary N) is 1. The summed E-state index contributed by atoms with van der Waals surface area (Å²) in [6.45, 7) is 0. The summed E-state index contributed by atoms with van der Waals surface area (Å²) in [4.78, 5) is 6.75. The maximum Gasteiger partial charge on any atom is 0.145 e. The molecule has 5 heteroatoms. The summed E-state index contributed by atoms with van der Waals surface area (Å²) in [5.74, 6) is 0. The average Bonchev–Trinajstić information content (AvgIpc) is 4.02. The van der Waals surface area contributed by atoms with Crippen LogP contribution in [-0.4, -0.2) is 14.8 Å². The molecule has 1 aliphatic rings. The first-order valence-electron chi connectivity index (χ1n) is 21.5. The number of hydrogen-bond donors (Lipinski definition) is 1. The van der Waals surface area contributed by atoms with Crippen LogP contribution in [0.15, 0.2) is 223 Å². The summed E-state index contributed by atoms with van der Waals surface area (Å²) >= 11 is 1.81. The maximum absolute atomic E-state index is 5.57. The molecule has 12 aromatic rings. The van der Waals surface area contributed by atoms with Crippen molar-refractivity contribution in [3.05, 3.63) is 234 Å². The molecule has 0 radical (unpaired) electrons. The van der Waals surface area contributed by atoms with E-state index in [1.807, 2.05) is 0 Å². The minimum Gasteiger partial charge on any atom is -0.358 e. The third-order valence-corrected chi connectivity index (χ3v) is 13.9. The summed E-state index contributed by atoms with van der Waals surface area (Å²) in [6, 6.07) is 79.1. The summed E-state index contributed by atoms with van der Waals surface area (Å²) in [6.07, 6.45) is -0.314. The first-order chi connectivity index (χ1) is 31.3. The van der Waals surface area contributed by atoms with Crippen LogP contribution in [0.25, 0.3) is 87.3 Å². The van der Waals surface area contributed by atoms with Crippen LogP contribution >= 0.6 is 11.3 Å². The summed E-state index contributed by atoms with van der Waals surface area (Å²) < 4.78 is 6.25. The first-order valence-corrected chi connectivity index (χ1v) is 22.3. The van der Waals surface area contributed by atoms with Gasteiger partial charge in [-0.25, -0.2) is 0 Å². The van der Waals surface area contributed by atoms with Gasteiger partial charge in [-0.05, 0) is 65.2 Å². The zero-order chi connectivity index (χ0) is 41.4. The zero-order valence-electron chi connectivity index (χ0n) is 34.1. The Morgan fingerprint density at radius 3 is 1.51 bits per heavy atom. The summed E-state index contributed by atoms with van der Waals surface area (Å²) in [7, 11) is 0.